The molecule has 82 valence electrons. The third kappa shape index (κ3) is 2.29. The van der Waals surface area contributed by atoms with Gasteiger partial charge in [-0.15, -0.1) is 5.10 Å². The van der Waals surface area contributed by atoms with E-state index in [0.717, 1.165) is 12.2 Å². The molecule has 1 aromatic heterocycles. The van der Waals surface area contributed by atoms with Crippen molar-refractivity contribution >= 4 is 11.6 Å². The van der Waals surface area contributed by atoms with E-state index < -0.39 is 0 Å². The first-order valence-electron chi connectivity index (χ1n) is 5.43. The van der Waals surface area contributed by atoms with Crippen LogP contribution in [0.5, 0.6) is 0 Å². The molecule has 2 heterocycles. The van der Waals surface area contributed by atoms with E-state index in [0.29, 0.717) is 17.2 Å². The lowest BCUT2D eigenvalue weighted by Crippen LogP contribution is -2.30. The highest BCUT2D eigenvalue weighted by molar-refractivity contribution is 6.29. The van der Waals surface area contributed by atoms with E-state index >= 15 is 0 Å². The van der Waals surface area contributed by atoms with Crippen LogP contribution in [0.4, 0.5) is 0 Å². The summed E-state index contributed by atoms with van der Waals surface area (Å²) in [7, 11) is 0. The summed E-state index contributed by atoms with van der Waals surface area (Å²) in [6.07, 6.45) is 2.42. The summed E-state index contributed by atoms with van der Waals surface area (Å²) >= 11 is 5.73. The Morgan fingerprint density at radius 1 is 1.40 bits per heavy atom. The number of likely N-dealkylation sites (tertiary alicyclic amines) is 1. The zero-order valence-electron chi connectivity index (χ0n) is 9.15. The normalized spacial score (nSPS) is 22.5. The van der Waals surface area contributed by atoms with E-state index in [4.69, 9.17) is 11.6 Å². The lowest BCUT2D eigenvalue weighted by molar-refractivity contribution is 0.201. The Balaban J connectivity index is 2.19. The molecule has 0 aromatic carbocycles. The second-order valence-electron chi connectivity index (χ2n) is 4.27. The first kappa shape index (κ1) is 10.8. The van der Waals surface area contributed by atoms with Gasteiger partial charge >= 0.3 is 0 Å². The maximum Gasteiger partial charge on any atom is 0.151 e. The summed E-state index contributed by atoms with van der Waals surface area (Å²) in [6.45, 7) is 5.61. The lowest BCUT2D eigenvalue weighted by atomic mass is 10.1. The van der Waals surface area contributed by atoms with Gasteiger partial charge < -0.3 is 0 Å². The van der Waals surface area contributed by atoms with Crippen LogP contribution in [0.2, 0.25) is 5.15 Å². The third-order valence-corrected chi connectivity index (χ3v) is 3.15. The topological polar surface area (TPSA) is 29.0 Å². The van der Waals surface area contributed by atoms with Crippen molar-refractivity contribution in [3.05, 3.63) is 23.0 Å². The van der Waals surface area contributed by atoms with Gasteiger partial charge in [0.05, 0.1) is 11.7 Å². The standard InChI is InChI=1S/C11H16ClN3/c1-8(2)15-7-3-4-10(15)9-5-6-11(12)14-13-9/h5-6,8,10H,3-4,7H2,1-2H3. The summed E-state index contributed by atoms with van der Waals surface area (Å²) in [5, 5.41) is 8.54. The molecule has 1 unspecified atom stereocenters. The molecule has 1 aliphatic rings. The zero-order chi connectivity index (χ0) is 10.8. The number of hydrogen-bond acceptors (Lipinski definition) is 3. The highest BCUT2D eigenvalue weighted by atomic mass is 35.5. The smallest absolute Gasteiger partial charge is 0.151 e. The Kier molecular flexibility index (Phi) is 3.22. The number of halogens is 1. The van der Waals surface area contributed by atoms with Crippen molar-refractivity contribution in [2.75, 3.05) is 6.54 Å². The predicted molar refractivity (Wildman–Crippen MR) is 60.9 cm³/mol. The fourth-order valence-corrected chi connectivity index (χ4v) is 2.33. The first-order chi connectivity index (χ1) is 7.18. The number of rotatable bonds is 2. The van der Waals surface area contributed by atoms with Crippen LogP contribution in [0.15, 0.2) is 12.1 Å². The highest BCUT2D eigenvalue weighted by Crippen LogP contribution is 2.32. The van der Waals surface area contributed by atoms with Crippen LogP contribution in [0.1, 0.15) is 38.4 Å². The Morgan fingerprint density at radius 2 is 2.20 bits per heavy atom. The molecule has 0 bridgehead atoms. The van der Waals surface area contributed by atoms with Crippen molar-refractivity contribution in [1.82, 2.24) is 15.1 Å². The lowest BCUT2D eigenvalue weighted by Gasteiger charge is -2.27. The van der Waals surface area contributed by atoms with E-state index in [1.165, 1.54) is 12.8 Å². The zero-order valence-corrected chi connectivity index (χ0v) is 9.91. The molecule has 3 nitrogen and oxygen atoms in total. The summed E-state index contributed by atoms with van der Waals surface area (Å²) in [5.41, 5.74) is 1.05. The molecular weight excluding hydrogens is 210 g/mol. The van der Waals surface area contributed by atoms with Gasteiger partial charge in [0, 0.05) is 6.04 Å². The molecule has 1 atom stereocenters. The molecule has 1 aromatic rings. The second kappa shape index (κ2) is 4.45. The maximum atomic E-state index is 5.73. The van der Waals surface area contributed by atoms with Gasteiger partial charge in [0.2, 0.25) is 0 Å². The Bertz CT molecular complexity index is 323. The fourth-order valence-electron chi connectivity index (χ4n) is 2.23. The molecule has 2 rings (SSSR count). The average Bonchev–Trinajstić information content (AvgIpc) is 2.67. The van der Waals surface area contributed by atoms with Crippen LogP contribution >= 0.6 is 11.6 Å². The molecular formula is C11H16ClN3. The van der Waals surface area contributed by atoms with Crippen LogP contribution in [-0.4, -0.2) is 27.7 Å². The second-order valence-corrected chi connectivity index (χ2v) is 4.66. The van der Waals surface area contributed by atoms with Crippen molar-refractivity contribution in [2.24, 2.45) is 0 Å². The number of hydrogen-bond donors (Lipinski definition) is 0. The van der Waals surface area contributed by atoms with Crippen molar-refractivity contribution in [3.63, 3.8) is 0 Å². The van der Waals surface area contributed by atoms with Gasteiger partial charge in [-0.2, -0.15) is 5.10 Å². The Labute approximate surface area is 95.5 Å². The summed E-state index contributed by atoms with van der Waals surface area (Å²) in [5.74, 6) is 0. The van der Waals surface area contributed by atoms with Crippen LogP contribution in [0.25, 0.3) is 0 Å². The molecule has 4 heteroatoms. The minimum atomic E-state index is 0.426. The molecule has 0 spiro atoms. The van der Waals surface area contributed by atoms with Crippen LogP contribution < -0.4 is 0 Å². The molecule has 0 N–H and O–H groups in total. The van der Waals surface area contributed by atoms with E-state index in [-0.39, 0.29) is 0 Å². The minimum Gasteiger partial charge on any atom is -0.292 e. The highest BCUT2D eigenvalue weighted by Gasteiger charge is 2.28. The summed E-state index contributed by atoms with van der Waals surface area (Å²) in [6, 6.07) is 4.80. The van der Waals surface area contributed by atoms with Gasteiger partial charge in [-0.1, -0.05) is 11.6 Å². The molecule has 1 saturated heterocycles. The molecule has 0 radical (unpaired) electrons. The summed E-state index contributed by atoms with van der Waals surface area (Å²) < 4.78 is 0. The molecule has 0 saturated carbocycles. The number of aromatic nitrogens is 2. The van der Waals surface area contributed by atoms with E-state index in [9.17, 15) is 0 Å². The SMILES string of the molecule is CC(C)N1CCCC1c1ccc(Cl)nn1. The molecule has 0 aliphatic carbocycles. The van der Waals surface area contributed by atoms with Crippen molar-refractivity contribution in [3.8, 4) is 0 Å². The Morgan fingerprint density at radius 3 is 2.80 bits per heavy atom. The van der Waals surface area contributed by atoms with Crippen LogP contribution in [0.3, 0.4) is 0 Å². The molecule has 1 fully saturated rings. The number of nitrogens with zero attached hydrogens (tertiary/aromatic N) is 3. The van der Waals surface area contributed by atoms with Gasteiger partial charge in [0.1, 0.15) is 0 Å². The predicted octanol–water partition coefficient (Wildman–Crippen LogP) is 2.68. The molecule has 15 heavy (non-hydrogen) atoms. The van der Waals surface area contributed by atoms with Crippen molar-refractivity contribution in [2.45, 2.75) is 38.8 Å². The van der Waals surface area contributed by atoms with Gasteiger partial charge in [-0.25, -0.2) is 0 Å². The van der Waals surface area contributed by atoms with Crippen molar-refractivity contribution < 1.29 is 0 Å². The maximum absolute atomic E-state index is 5.73. The molecule has 0 amide bonds. The first-order valence-corrected chi connectivity index (χ1v) is 5.81. The summed E-state index contributed by atoms with van der Waals surface area (Å²) in [4.78, 5) is 2.47. The van der Waals surface area contributed by atoms with E-state index in [1.807, 2.05) is 12.1 Å². The van der Waals surface area contributed by atoms with Gasteiger partial charge in [-0.05, 0) is 45.4 Å². The van der Waals surface area contributed by atoms with Crippen LogP contribution in [-0.2, 0) is 0 Å². The minimum absolute atomic E-state index is 0.426. The van der Waals surface area contributed by atoms with Crippen LogP contribution in [0, 0.1) is 0 Å². The van der Waals surface area contributed by atoms with Crippen molar-refractivity contribution in [1.29, 1.82) is 0 Å². The molecule has 1 aliphatic heterocycles. The quantitative estimate of drug-likeness (QED) is 0.775. The van der Waals surface area contributed by atoms with Gasteiger partial charge in [0.25, 0.3) is 0 Å². The third-order valence-electron chi connectivity index (χ3n) is 2.95. The monoisotopic (exact) mass is 225 g/mol. The Hall–Kier alpha value is -0.670. The fraction of sp³-hybridized carbons (Fsp3) is 0.636. The van der Waals surface area contributed by atoms with E-state index in [2.05, 4.69) is 28.9 Å². The largest absolute Gasteiger partial charge is 0.292 e. The van der Waals surface area contributed by atoms with E-state index in [1.54, 1.807) is 0 Å². The van der Waals surface area contributed by atoms with Gasteiger partial charge in [0.15, 0.2) is 5.15 Å². The van der Waals surface area contributed by atoms with Gasteiger partial charge in [-0.3, -0.25) is 4.90 Å². The average molecular weight is 226 g/mol.